The van der Waals surface area contributed by atoms with Gasteiger partial charge in [0.2, 0.25) is 0 Å². The summed E-state index contributed by atoms with van der Waals surface area (Å²) < 4.78 is 0. The Kier molecular flexibility index (Phi) is 6.29. The Bertz CT molecular complexity index is 169. The minimum absolute atomic E-state index is 0.548. The zero-order chi connectivity index (χ0) is 10.3. The van der Waals surface area contributed by atoms with Gasteiger partial charge in [0.05, 0.1) is 0 Å². The van der Waals surface area contributed by atoms with Gasteiger partial charge < -0.3 is 5.01 Å². The molecule has 0 fully saturated rings. The first-order chi connectivity index (χ1) is 6.07. The molecule has 0 N–H and O–H groups in total. The van der Waals surface area contributed by atoms with Crippen LogP contribution in [0.2, 0.25) is 0 Å². The second-order valence-electron chi connectivity index (χ2n) is 3.77. The second-order valence-corrected chi connectivity index (χ2v) is 3.77. The summed E-state index contributed by atoms with van der Waals surface area (Å²) >= 11 is 0. The number of unbranched alkanes of at least 4 members (excludes halogenated alkanes) is 1. The standard InChI is InChI=1S/C11H22N2/c1-6-7-8-9-11(10(2)3)12-13(4)5/h6,10H,1,7-9H2,2-5H3/b12-11+. The van der Waals surface area contributed by atoms with Crippen LogP contribution in [-0.4, -0.2) is 24.8 Å². The van der Waals surface area contributed by atoms with E-state index in [-0.39, 0.29) is 0 Å². The molecule has 13 heavy (non-hydrogen) atoms. The lowest BCUT2D eigenvalue weighted by Gasteiger charge is -2.13. The fourth-order valence-corrected chi connectivity index (χ4v) is 1.14. The molecule has 0 unspecified atom stereocenters. The molecule has 0 aliphatic carbocycles. The highest BCUT2D eigenvalue weighted by molar-refractivity contribution is 5.85. The van der Waals surface area contributed by atoms with Crippen molar-refractivity contribution < 1.29 is 0 Å². The molecule has 2 heteroatoms. The molecule has 0 heterocycles. The van der Waals surface area contributed by atoms with Crippen molar-refractivity contribution in [3.63, 3.8) is 0 Å². The van der Waals surface area contributed by atoms with E-state index in [0.717, 1.165) is 19.3 Å². The van der Waals surface area contributed by atoms with E-state index in [1.54, 1.807) is 0 Å². The molecule has 0 atom stereocenters. The van der Waals surface area contributed by atoms with E-state index in [1.807, 2.05) is 25.2 Å². The van der Waals surface area contributed by atoms with Crippen LogP contribution in [0, 0.1) is 5.92 Å². The molecule has 0 aromatic heterocycles. The lowest BCUT2D eigenvalue weighted by atomic mass is 10.0. The minimum Gasteiger partial charge on any atom is -0.303 e. The Labute approximate surface area is 82.3 Å². The van der Waals surface area contributed by atoms with Crippen molar-refractivity contribution in [1.29, 1.82) is 0 Å². The zero-order valence-electron chi connectivity index (χ0n) is 9.38. The van der Waals surface area contributed by atoms with Gasteiger partial charge in [-0.15, -0.1) is 6.58 Å². The van der Waals surface area contributed by atoms with Gasteiger partial charge in [-0.2, -0.15) is 5.10 Å². The van der Waals surface area contributed by atoms with Crippen LogP contribution in [0.25, 0.3) is 0 Å². The van der Waals surface area contributed by atoms with Crippen molar-refractivity contribution in [2.45, 2.75) is 33.1 Å². The summed E-state index contributed by atoms with van der Waals surface area (Å²) in [6, 6.07) is 0. The molecule has 0 aromatic carbocycles. The maximum absolute atomic E-state index is 4.46. The van der Waals surface area contributed by atoms with Gasteiger partial charge in [-0.1, -0.05) is 19.9 Å². The SMILES string of the molecule is C=CCCC/C(=N\N(C)C)C(C)C. The maximum Gasteiger partial charge on any atom is 0.0406 e. The number of rotatable bonds is 6. The molecular weight excluding hydrogens is 160 g/mol. The molecule has 0 aliphatic heterocycles. The average Bonchev–Trinajstić information content (AvgIpc) is 2.02. The maximum atomic E-state index is 4.46. The first kappa shape index (κ1) is 12.2. The minimum atomic E-state index is 0.548. The number of hydrazone groups is 1. The van der Waals surface area contributed by atoms with E-state index in [9.17, 15) is 0 Å². The number of hydrogen-bond donors (Lipinski definition) is 0. The van der Waals surface area contributed by atoms with Gasteiger partial charge in [-0.05, 0) is 25.2 Å². The highest BCUT2D eigenvalue weighted by Gasteiger charge is 2.04. The van der Waals surface area contributed by atoms with Crippen LogP contribution in [-0.2, 0) is 0 Å². The summed E-state index contributed by atoms with van der Waals surface area (Å²) in [6.45, 7) is 8.09. The number of nitrogens with zero attached hydrogens (tertiary/aromatic N) is 2. The Morgan fingerprint density at radius 1 is 1.46 bits per heavy atom. The summed E-state index contributed by atoms with van der Waals surface area (Å²) in [7, 11) is 3.94. The molecular formula is C11H22N2. The Morgan fingerprint density at radius 3 is 2.46 bits per heavy atom. The van der Waals surface area contributed by atoms with Crippen molar-refractivity contribution in [2.75, 3.05) is 14.1 Å². The molecule has 0 aliphatic rings. The zero-order valence-corrected chi connectivity index (χ0v) is 9.38. The molecule has 0 bridgehead atoms. The summed E-state index contributed by atoms with van der Waals surface area (Å²) in [5, 5.41) is 6.34. The van der Waals surface area contributed by atoms with Crippen LogP contribution in [0.5, 0.6) is 0 Å². The molecule has 0 amide bonds. The van der Waals surface area contributed by atoms with Crippen LogP contribution in [0.1, 0.15) is 33.1 Å². The van der Waals surface area contributed by atoms with Gasteiger partial charge in [-0.25, -0.2) is 0 Å². The van der Waals surface area contributed by atoms with Gasteiger partial charge in [-0.3, -0.25) is 0 Å². The van der Waals surface area contributed by atoms with Crippen molar-refractivity contribution in [3.8, 4) is 0 Å². The highest BCUT2D eigenvalue weighted by Crippen LogP contribution is 2.07. The van der Waals surface area contributed by atoms with E-state index in [0.29, 0.717) is 5.92 Å². The van der Waals surface area contributed by atoms with Crippen LogP contribution >= 0.6 is 0 Å². The predicted octanol–water partition coefficient (Wildman–Crippen LogP) is 2.92. The third-order valence-corrected chi connectivity index (χ3v) is 1.84. The molecule has 0 saturated carbocycles. The molecule has 0 radical (unpaired) electrons. The Hall–Kier alpha value is -0.790. The molecule has 0 aromatic rings. The number of hydrogen-bond acceptors (Lipinski definition) is 2. The van der Waals surface area contributed by atoms with Gasteiger partial charge in [0, 0.05) is 19.8 Å². The van der Waals surface area contributed by atoms with Crippen molar-refractivity contribution in [1.82, 2.24) is 5.01 Å². The molecule has 0 rings (SSSR count). The van der Waals surface area contributed by atoms with E-state index >= 15 is 0 Å². The third-order valence-electron chi connectivity index (χ3n) is 1.84. The van der Waals surface area contributed by atoms with Crippen LogP contribution in [0.4, 0.5) is 0 Å². The summed E-state index contributed by atoms with van der Waals surface area (Å²) in [5.41, 5.74) is 1.28. The molecule has 0 saturated heterocycles. The molecule has 2 nitrogen and oxygen atoms in total. The lowest BCUT2D eigenvalue weighted by molar-refractivity contribution is 0.431. The van der Waals surface area contributed by atoms with E-state index < -0.39 is 0 Å². The first-order valence-corrected chi connectivity index (χ1v) is 4.93. The van der Waals surface area contributed by atoms with Crippen molar-refractivity contribution >= 4 is 5.71 Å². The predicted molar refractivity (Wildman–Crippen MR) is 60.0 cm³/mol. The lowest BCUT2D eigenvalue weighted by Crippen LogP contribution is -2.14. The normalized spacial score (nSPS) is 11.9. The Morgan fingerprint density at radius 2 is 2.08 bits per heavy atom. The fourth-order valence-electron chi connectivity index (χ4n) is 1.14. The summed E-state index contributed by atoms with van der Waals surface area (Å²) in [6.07, 6.45) is 5.29. The molecule has 0 spiro atoms. The van der Waals surface area contributed by atoms with E-state index in [1.165, 1.54) is 5.71 Å². The van der Waals surface area contributed by atoms with Gasteiger partial charge in [0.25, 0.3) is 0 Å². The fraction of sp³-hybridized carbons (Fsp3) is 0.727. The van der Waals surface area contributed by atoms with Crippen molar-refractivity contribution in [2.24, 2.45) is 11.0 Å². The smallest absolute Gasteiger partial charge is 0.0406 e. The first-order valence-electron chi connectivity index (χ1n) is 4.93. The van der Waals surface area contributed by atoms with E-state index in [2.05, 4.69) is 25.5 Å². The van der Waals surface area contributed by atoms with E-state index in [4.69, 9.17) is 0 Å². The topological polar surface area (TPSA) is 15.6 Å². The van der Waals surface area contributed by atoms with Gasteiger partial charge in [0.1, 0.15) is 0 Å². The van der Waals surface area contributed by atoms with Crippen LogP contribution in [0.15, 0.2) is 17.8 Å². The summed E-state index contributed by atoms with van der Waals surface area (Å²) in [5.74, 6) is 0.548. The largest absolute Gasteiger partial charge is 0.303 e. The summed E-state index contributed by atoms with van der Waals surface area (Å²) in [4.78, 5) is 0. The van der Waals surface area contributed by atoms with Crippen LogP contribution < -0.4 is 0 Å². The quantitative estimate of drug-likeness (QED) is 0.267. The third kappa shape index (κ3) is 6.38. The van der Waals surface area contributed by atoms with Gasteiger partial charge >= 0.3 is 0 Å². The molecule has 76 valence electrons. The Balaban J connectivity index is 4.02. The average molecular weight is 182 g/mol. The monoisotopic (exact) mass is 182 g/mol. The van der Waals surface area contributed by atoms with Crippen molar-refractivity contribution in [3.05, 3.63) is 12.7 Å². The second kappa shape index (κ2) is 6.70. The highest BCUT2D eigenvalue weighted by atomic mass is 15.4. The number of allylic oxidation sites excluding steroid dienone is 1. The van der Waals surface area contributed by atoms with Crippen LogP contribution in [0.3, 0.4) is 0 Å². The van der Waals surface area contributed by atoms with Gasteiger partial charge in [0.15, 0.2) is 0 Å².